The predicted molar refractivity (Wildman–Crippen MR) is 196 cm³/mol. The van der Waals surface area contributed by atoms with Crippen molar-refractivity contribution in [3.8, 4) is 0 Å². The van der Waals surface area contributed by atoms with Crippen molar-refractivity contribution in [2.24, 2.45) is 15.9 Å². The molecular weight excluding hydrogens is 580 g/mol. The summed E-state index contributed by atoms with van der Waals surface area (Å²) in [5.74, 6) is 0.881. The van der Waals surface area contributed by atoms with E-state index in [0.717, 1.165) is 81.5 Å². The Labute approximate surface area is 279 Å². The highest BCUT2D eigenvalue weighted by Crippen LogP contribution is 2.35. The van der Waals surface area contributed by atoms with Crippen LogP contribution in [0.2, 0.25) is 0 Å². The van der Waals surface area contributed by atoms with Crippen LogP contribution in [-0.4, -0.2) is 27.5 Å². The second-order valence-corrected chi connectivity index (χ2v) is 13.0. The van der Waals surface area contributed by atoms with Gasteiger partial charge in [0.25, 0.3) is 5.91 Å². The van der Waals surface area contributed by atoms with Crippen molar-refractivity contribution < 1.29 is 9.53 Å². The number of nitrogens with one attached hydrogen (secondary N) is 2. The molecule has 0 radical (unpaired) electrons. The summed E-state index contributed by atoms with van der Waals surface area (Å²) in [6, 6.07) is 10.4. The Balaban J connectivity index is 1.55. The highest BCUT2D eigenvalue weighted by Gasteiger charge is 2.27. The van der Waals surface area contributed by atoms with Crippen LogP contribution in [0, 0.1) is 19.8 Å². The zero-order valence-corrected chi connectivity index (χ0v) is 29.8. The fourth-order valence-electron chi connectivity index (χ4n) is 6.98. The number of aromatic amines is 2. The largest absolute Gasteiger partial charge is 0.469 e. The van der Waals surface area contributed by atoms with Crippen LogP contribution in [0.4, 0.5) is 0 Å². The van der Waals surface area contributed by atoms with E-state index in [1.165, 1.54) is 27.8 Å². The first-order valence-electron chi connectivity index (χ1n) is 17.2. The highest BCUT2D eigenvalue weighted by molar-refractivity contribution is 6.30. The molecule has 0 spiro atoms. The maximum atomic E-state index is 12.3. The minimum atomic E-state index is -0.131. The number of aromatic nitrogens is 2. The summed E-state index contributed by atoms with van der Waals surface area (Å²) in [7, 11) is 0. The van der Waals surface area contributed by atoms with Crippen molar-refractivity contribution in [3.05, 3.63) is 108 Å². The molecule has 2 N–H and O–H groups in total. The van der Waals surface area contributed by atoms with Crippen molar-refractivity contribution in [3.63, 3.8) is 0 Å². The first kappa shape index (κ1) is 33.9. The number of hydrogen-bond donors (Lipinski definition) is 2. The molecule has 5 rings (SSSR count). The summed E-state index contributed by atoms with van der Waals surface area (Å²) in [6.07, 6.45) is 9.84. The molecule has 0 fully saturated rings. The van der Waals surface area contributed by atoms with Crippen LogP contribution in [-0.2, 0) is 22.4 Å². The fraction of sp³-hybridized carbons (Fsp3) is 0.390. The zero-order chi connectivity index (χ0) is 34.0. The van der Waals surface area contributed by atoms with Gasteiger partial charge in [-0.25, -0.2) is 9.98 Å². The standard InChI is InChI=1S/C41H50N4O2/c1-11-29-24(7)33(20-37-31(13-3)26(9)40(46)44-37)42-35(29)22-36-30(12-2)25(8)34(43-36)21-38-32(14-4)27(10)41(45-38)47-39(23(5)6)28-18-16-15-17-19-28/h15-23,39,42-43H,11-14H2,1-10H3/b33-20+,35-22+,38-21-/t39-/m1/s1. The SMILES string of the molecule is CCC1=C(C)C(=O)N=C1/C=c1/[nH]/c(=C/c2[nH]c(/C=C3\N=C(O[C@@H](c4ccccc4)C(C)C)C(C)=C3CC)c(C)c2CC)c(CC)c1C. The number of amides is 1. The van der Waals surface area contributed by atoms with Crippen LogP contribution < -0.4 is 10.7 Å². The lowest BCUT2D eigenvalue weighted by molar-refractivity contribution is -0.114. The Morgan fingerprint density at radius 2 is 1.40 bits per heavy atom. The van der Waals surface area contributed by atoms with Crippen LogP contribution in [0.25, 0.3) is 18.2 Å². The van der Waals surface area contributed by atoms with Gasteiger partial charge in [-0.2, -0.15) is 0 Å². The van der Waals surface area contributed by atoms with Crippen molar-refractivity contribution in [1.82, 2.24) is 9.97 Å². The normalized spacial score (nSPS) is 17.6. The zero-order valence-electron chi connectivity index (χ0n) is 29.8. The molecule has 2 aliphatic heterocycles. The van der Waals surface area contributed by atoms with Crippen molar-refractivity contribution in [2.45, 2.75) is 101 Å². The molecule has 1 aromatic carbocycles. The fourth-order valence-corrected chi connectivity index (χ4v) is 6.98. The number of nitrogens with zero attached hydrogens (tertiary/aromatic N) is 2. The second kappa shape index (κ2) is 14.1. The van der Waals surface area contributed by atoms with Crippen LogP contribution in [0.5, 0.6) is 0 Å². The summed E-state index contributed by atoms with van der Waals surface area (Å²) in [5, 5.41) is 2.08. The molecule has 0 bridgehead atoms. The van der Waals surface area contributed by atoms with Gasteiger partial charge in [0, 0.05) is 33.2 Å². The average molecular weight is 631 g/mol. The van der Waals surface area contributed by atoms with Gasteiger partial charge >= 0.3 is 0 Å². The Bertz CT molecular complexity index is 1970. The van der Waals surface area contributed by atoms with Gasteiger partial charge in [0.1, 0.15) is 6.10 Å². The minimum Gasteiger partial charge on any atom is -0.469 e. The van der Waals surface area contributed by atoms with Crippen molar-refractivity contribution >= 4 is 35.7 Å². The molecule has 4 heterocycles. The maximum absolute atomic E-state index is 12.3. The van der Waals surface area contributed by atoms with E-state index in [-0.39, 0.29) is 12.0 Å². The predicted octanol–water partition coefficient (Wildman–Crippen LogP) is 8.29. The molecule has 47 heavy (non-hydrogen) atoms. The summed E-state index contributed by atoms with van der Waals surface area (Å²) in [6.45, 7) is 21.4. The van der Waals surface area contributed by atoms with Crippen LogP contribution >= 0.6 is 0 Å². The lowest BCUT2D eigenvalue weighted by Gasteiger charge is -2.23. The van der Waals surface area contributed by atoms with Gasteiger partial charge in [-0.1, -0.05) is 71.9 Å². The van der Waals surface area contributed by atoms with Crippen molar-refractivity contribution in [1.29, 1.82) is 0 Å². The molecule has 6 nitrogen and oxygen atoms in total. The van der Waals surface area contributed by atoms with Crippen LogP contribution in [0.1, 0.15) is 114 Å². The number of H-pyrrole nitrogens is 2. The number of allylic oxidation sites excluding steroid dienone is 2. The first-order chi connectivity index (χ1) is 22.5. The monoisotopic (exact) mass is 630 g/mol. The summed E-state index contributed by atoms with van der Waals surface area (Å²) < 4.78 is 6.64. The Kier molecular flexibility index (Phi) is 10.2. The molecule has 0 saturated heterocycles. The van der Waals surface area contributed by atoms with Crippen molar-refractivity contribution in [2.75, 3.05) is 0 Å². The number of carbonyl (C=O) groups excluding carboxylic acids is 1. The van der Waals surface area contributed by atoms with Gasteiger partial charge in [-0.05, 0) is 116 Å². The smallest absolute Gasteiger partial charge is 0.273 e. The topological polar surface area (TPSA) is 82.6 Å². The first-order valence-corrected chi connectivity index (χ1v) is 17.2. The Morgan fingerprint density at radius 1 is 0.723 bits per heavy atom. The van der Waals surface area contributed by atoms with E-state index >= 15 is 0 Å². The second-order valence-electron chi connectivity index (χ2n) is 13.0. The lowest BCUT2D eigenvalue weighted by Crippen LogP contribution is -2.16. The summed E-state index contributed by atoms with van der Waals surface area (Å²) in [4.78, 5) is 29.2. The maximum Gasteiger partial charge on any atom is 0.273 e. The molecule has 0 aliphatic carbocycles. The Morgan fingerprint density at radius 3 is 2.02 bits per heavy atom. The molecule has 2 aromatic heterocycles. The van der Waals surface area contributed by atoms with Gasteiger partial charge in [-0.15, -0.1) is 0 Å². The highest BCUT2D eigenvalue weighted by atomic mass is 16.5. The molecule has 3 aromatic rings. The number of benzene rings is 1. The van der Waals surface area contributed by atoms with Gasteiger partial charge < -0.3 is 14.7 Å². The quantitative estimate of drug-likeness (QED) is 0.236. The Hall–Kier alpha value is -4.45. The van der Waals surface area contributed by atoms with E-state index in [9.17, 15) is 4.79 Å². The molecular formula is C41H50N4O2. The number of aliphatic imine (C=N–C) groups is 2. The van der Waals surface area contributed by atoms with Crippen LogP contribution in [0.3, 0.4) is 0 Å². The van der Waals surface area contributed by atoms with E-state index < -0.39 is 0 Å². The number of carbonyl (C=O) groups is 1. The molecule has 6 heteroatoms. The van der Waals surface area contributed by atoms with E-state index in [0.29, 0.717) is 11.8 Å². The van der Waals surface area contributed by atoms with Gasteiger partial charge in [0.05, 0.1) is 11.4 Å². The molecule has 246 valence electrons. The van der Waals surface area contributed by atoms with Crippen LogP contribution in [0.15, 0.2) is 68.3 Å². The van der Waals surface area contributed by atoms with E-state index in [2.05, 4.69) is 114 Å². The van der Waals surface area contributed by atoms with Gasteiger partial charge in [0.15, 0.2) is 0 Å². The average Bonchev–Trinajstić information content (AvgIpc) is 3.71. The molecule has 0 unspecified atom stereocenters. The third-order valence-corrected chi connectivity index (χ3v) is 9.75. The minimum absolute atomic E-state index is 0.0727. The number of hydrogen-bond acceptors (Lipinski definition) is 3. The summed E-state index contributed by atoms with van der Waals surface area (Å²) >= 11 is 0. The molecule has 1 atom stereocenters. The molecule has 0 saturated carbocycles. The third kappa shape index (κ3) is 6.56. The van der Waals surface area contributed by atoms with Gasteiger partial charge in [0.2, 0.25) is 5.90 Å². The van der Waals surface area contributed by atoms with E-state index in [1.54, 1.807) is 0 Å². The van der Waals surface area contributed by atoms with E-state index in [1.807, 2.05) is 19.1 Å². The molecule has 2 aliphatic rings. The summed E-state index contributed by atoms with van der Waals surface area (Å²) in [5.41, 5.74) is 14.1. The lowest BCUT2D eigenvalue weighted by atomic mass is 9.99. The number of ether oxygens (including phenoxy) is 1. The number of rotatable bonds is 10. The van der Waals surface area contributed by atoms with E-state index in [4.69, 9.17) is 9.73 Å². The third-order valence-electron chi connectivity index (χ3n) is 9.75. The molecule has 1 amide bonds. The van der Waals surface area contributed by atoms with Gasteiger partial charge in [-0.3, -0.25) is 4.79 Å².